The summed E-state index contributed by atoms with van der Waals surface area (Å²) in [6, 6.07) is 5.54. The lowest BCUT2D eigenvalue weighted by Crippen LogP contribution is -2.26. The van der Waals surface area contributed by atoms with Crippen LogP contribution in [0.4, 0.5) is 0 Å². The fourth-order valence-corrected chi connectivity index (χ4v) is 2.02. The molecule has 1 aliphatic carbocycles. The molecule has 0 bridgehead atoms. The Morgan fingerprint density at radius 2 is 2.23 bits per heavy atom. The molecule has 1 N–H and O–H groups in total. The Morgan fingerprint density at radius 3 is 3.00 bits per heavy atom. The Hall–Kier alpha value is -0.670. The van der Waals surface area contributed by atoms with Crippen LogP contribution in [0.1, 0.15) is 22.3 Å². The van der Waals surface area contributed by atoms with Crippen LogP contribution < -0.4 is 0 Å². The van der Waals surface area contributed by atoms with Crippen LogP contribution in [-0.4, -0.2) is 17.0 Å². The summed E-state index contributed by atoms with van der Waals surface area (Å²) in [5.41, 5.74) is 1.70. The number of aliphatic hydroxyl groups is 1. The van der Waals surface area contributed by atoms with Gasteiger partial charge in [-0.05, 0) is 36.6 Å². The van der Waals surface area contributed by atoms with Gasteiger partial charge in [-0.3, -0.25) is 4.79 Å². The molecule has 0 spiro atoms. The number of carbonyl (C=O) groups is 1. The van der Waals surface area contributed by atoms with Gasteiger partial charge in [0.1, 0.15) is 6.10 Å². The van der Waals surface area contributed by atoms with E-state index in [-0.39, 0.29) is 5.78 Å². The molecule has 0 aromatic heterocycles. The molecule has 0 fully saturated rings. The number of aliphatic hydroxyl groups excluding tert-OH is 1. The van der Waals surface area contributed by atoms with Gasteiger partial charge in [-0.25, -0.2) is 0 Å². The van der Waals surface area contributed by atoms with Crippen molar-refractivity contribution < 1.29 is 9.90 Å². The van der Waals surface area contributed by atoms with Gasteiger partial charge >= 0.3 is 0 Å². The highest BCUT2D eigenvalue weighted by Gasteiger charge is 2.24. The predicted molar refractivity (Wildman–Crippen MR) is 52.8 cm³/mol. The standard InChI is InChI=1S/C10H9BrO2/c11-7-2-3-8-6(5-7)1-4-9(12)10(8)13/h2-3,5,9,12H,1,4H2/t9-/m1/s1. The highest BCUT2D eigenvalue weighted by Crippen LogP contribution is 2.24. The summed E-state index contributed by atoms with van der Waals surface area (Å²) in [4.78, 5) is 11.5. The van der Waals surface area contributed by atoms with Crippen LogP contribution in [0.3, 0.4) is 0 Å². The van der Waals surface area contributed by atoms with Crippen molar-refractivity contribution in [3.05, 3.63) is 33.8 Å². The SMILES string of the molecule is O=C1c2ccc(Br)cc2CC[C@H]1O. The zero-order chi connectivity index (χ0) is 9.42. The average molecular weight is 241 g/mol. The molecule has 1 aliphatic rings. The number of halogens is 1. The Labute approximate surface area is 84.7 Å². The largest absolute Gasteiger partial charge is 0.385 e. The maximum absolute atomic E-state index is 11.5. The lowest BCUT2D eigenvalue weighted by atomic mass is 9.89. The van der Waals surface area contributed by atoms with E-state index in [2.05, 4.69) is 15.9 Å². The molecular formula is C10H9BrO2. The van der Waals surface area contributed by atoms with Crippen molar-refractivity contribution in [3.63, 3.8) is 0 Å². The fraction of sp³-hybridized carbons (Fsp3) is 0.300. The van der Waals surface area contributed by atoms with Crippen LogP contribution in [0.15, 0.2) is 22.7 Å². The molecule has 0 amide bonds. The molecule has 0 heterocycles. The van der Waals surface area contributed by atoms with Crippen LogP contribution in [-0.2, 0) is 6.42 Å². The van der Waals surface area contributed by atoms with Gasteiger partial charge < -0.3 is 5.11 Å². The van der Waals surface area contributed by atoms with Crippen molar-refractivity contribution >= 4 is 21.7 Å². The summed E-state index contributed by atoms with van der Waals surface area (Å²) in [6.07, 6.45) is 0.526. The molecular weight excluding hydrogens is 232 g/mol. The van der Waals surface area contributed by atoms with E-state index in [9.17, 15) is 9.90 Å². The minimum absolute atomic E-state index is 0.145. The number of carbonyl (C=O) groups excluding carboxylic acids is 1. The van der Waals surface area contributed by atoms with E-state index in [0.29, 0.717) is 12.0 Å². The molecule has 13 heavy (non-hydrogen) atoms. The summed E-state index contributed by atoms with van der Waals surface area (Å²) in [7, 11) is 0. The van der Waals surface area contributed by atoms with E-state index in [1.165, 1.54) is 0 Å². The van der Waals surface area contributed by atoms with Gasteiger partial charge in [-0.2, -0.15) is 0 Å². The third-order valence-electron chi connectivity index (χ3n) is 2.32. The first-order valence-corrected chi connectivity index (χ1v) is 4.98. The molecule has 0 unspecified atom stereocenters. The molecule has 0 saturated heterocycles. The minimum Gasteiger partial charge on any atom is -0.385 e. The average Bonchev–Trinajstić information content (AvgIpc) is 2.12. The smallest absolute Gasteiger partial charge is 0.191 e. The predicted octanol–water partition coefficient (Wildman–Crippen LogP) is 1.94. The van der Waals surface area contributed by atoms with E-state index in [1.807, 2.05) is 12.1 Å². The Kier molecular flexibility index (Phi) is 2.22. The second-order valence-electron chi connectivity index (χ2n) is 3.22. The molecule has 2 rings (SSSR count). The van der Waals surface area contributed by atoms with Crippen molar-refractivity contribution in [3.8, 4) is 0 Å². The van der Waals surface area contributed by atoms with Crippen LogP contribution in [0.5, 0.6) is 0 Å². The van der Waals surface area contributed by atoms with Gasteiger partial charge in [0, 0.05) is 10.0 Å². The normalized spacial score (nSPS) is 21.4. The summed E-state index contributed by atoms with van der Waals surface area (Å²) in [5, 5.41) is 9.33. The molecule has 0 saturated carbocycles. The lowest BCUT2D eigenvalue weighted by molar-refractivity contribution is 0.0712. The van der Waals surface area contributed by atoms with E-state index >= 15 is 0 Å². The summed E-state index contributed by atoms with van der Waals surface area (Å²) in [6.45, 7) is 0. The van der Waals surface area contributed by atoms with E-state index in [4.69, 9.17) is 0 Å². The quantitative estimate of drug-likeness (QED) is 0.753. The highest BCUT2D eigenvalue weighted by molar-refractivity contribution is 9.10. The summed E-state index contributed by atoms with van der Waals surface area (Å²) >= 11 is 3.35. The van der Waals surface area contributed by atoms with Crippen molar-refractivity contribution in [2.45, 2.75) is 18.9 Å². The molecule has 68 valence electrons. The van der Waals surface area contributed by atoms with E-state index in [0.717, 1.165) is 16.5 Å². The third kappa shape index (κ3) is 1.54. The van der Waals surface area contributed by atoms with Crippen molar-refractivity contribution in [2.24, 2.45) is 0 Å². The van der Waals surface area contributed by atoms with Gasteiger partial charge in [0.2, 0.25) is 0 Å². The fourth-order valence-electron chi connectivity index (χ4n) is 1.61. The van der Waals surface area contributed by atoms with Crippen molar-refractivity contribution in [1.29, 1.82) is 0 Å². The van der Waals surface area contributed by atoms with Gasteiger partial charge in [-0.15, -0.1) is 0 Å². The number of aryl methyl sites for hydroxylation is 1. The first-order valence-electron chi connectivity index (χ1n) is 4.19. The van der Waals surface area contributed by atoms with Crippen LogP contribution in [0.25, 0.3) is 0 Å². The Bertz CT molecular complexity index is 360. The first kappa shape index (κ1) is 8.91. The highest BCUT2D eigenvalue weighted by atomic mass is 79.9. The second kappa shape index (κ2) is 3.24. The van der Waals surface area contributed by atoms with Crippen LogP contribution in [0.2, 0.25) is 0 Å². The topological polar surface area (TPSA) is 37.3 Å². The molecule has 2 nitrogen and oxygen atoms in total. The monoisotopic (exact) mass is 240 g/mol. The van der Waals surface area contributed by atoms with Gasteiger partial charge in [-0.1, -0.05) is 15.9 Å². The van der Waals surface area contributed by atoms with Gasteiger partial charge in [0.05, 0.1) is 0 Å². The number of Topliss-reactive ketones (excluding diaryl/α,β-unsaturated/α-hetero) is 1. The molecule has 1 atom stereocenters. The van der Waals surface area contributed by atoms with Crippen LogP contribution in [0, 0.1) is 0 Å². The molecule has 1 aromatic carbocycles. The molecule has 0 radical (unpaired) electrons. The van der Waals surface area contributed by atoms with E-state index in [1.54, 1.807) is 6.07 Å². The number of ketones is 1. The molecule has 1 aromatic rings. The number of benzene rings is 1. The van der Waals surface area contributed by atoms with Gasteiger partial charge in [0.25, 0.3) is 0 Å². The number of hydrogen-bond acceptors (Lipinski definition) is 2. The molecule has 0 aliphatic heterocycles. The summed E-state index contributed by atoms with van der Waals surface area (Å²) in [5.74, 6) is -0.145. The van der Waals surface area contributed by atoms with Gasteiger partial charge in [0.15, 0.2) is 5.78 Å². The number of rotatable bonds is 0. The number of hydrogen-bond donors (Lipinski definition) is 1. The van der Waals surface area contributed by atoms with Crippen LogP contribution >= 0.6 is 15.9 Å². The lowest BCUT2D eigenvalue weighted by Gasteiger charge is -2.19. The zero-order valence-corrected chi connectivity index (χ0v) is 8.54. The minimum atomic E-state index is -0.798. The Balaban J connectivity index is 2.50. The zero-order valence-electron chi connectivity index (χ0n) is 6.96. The van der Waals surface area contributed by atoms with E-state index < -0.39 is 6.10 Å². The van der Waals surface area contributed by atoms with Crippen molar-refractivity contribution in [1.82, 2.24) is 0 Å². The second-order valence-corrected chi connectivity index (χ2v) is 4.14. The van der Waals surface area contributed by atoms with Crippen molar-refractivity contribution in [2.75, 3.05) is 0 Å². The maximum atomic E-state index is 11.5. The molecule has 3 heteroatoms. The Morgan fingerprint density at radius 1 is 1.46 bits per heavy atom. The number of fused-ring (bicyclic) bond motifs is 1. The maximum Gasteiger partial charge on any atom is 0.191 e. The summed E-state index contributed by atoms with van der Waals surface area (Å²) < 4.78 is 0.982. The first-order chi connectivity index (χ1) is 6.18. The third-order valence-corrected chi connectivity index (χ3v) is 2.82.